The standard InChI is InChI=1S/C12H13N5O2/c1-7-4-3-5-9(6-7)11(19)15-17-12-13-10(18)8(2)14-16-12/h3-6H,1-2H3,(H,15,19)(H2,13,16,17,18). The number of hydrogen-bond donors (Lipinski definition) is 3. The fraction of sp³-hybridized carbons (Fsp3) is 0.167. The van der Waals surface area contributed by atoms with Gasteiger partial charge in [-0.15, -0.1) is 10.2 Å². The first-order valence-electron chi connectivity index (χ1n) is 5.63. The van der Waals surface area contributed by atoms with E-state index in [1.54, 1.807) is 25.1 Å². The van der Waals surface area contributed by atoms with E-state index in [0.29, 0.717) is 5.56 Å². The van der Waals surface area contributed by atoms with Gasteiger partial charge >= 0.3 is 0 Å². The highest BCUT2D eigenvalue weighted by Gasteiger charge is 2.06. The number of hydrogen-bond acceptors (Lipinski definition) is 5. The second-order valence-corrected chi connectivity index (χ2v) is 4.04. The minimum Gasteiger partial charge on any atom is -0.288 e. The Kier molecular flexibility index (Phi) is 3.56. The van der Waals surface area contributed by atoms with Gasteiger partial charge in [0.15, 0.2) is 0 Å². The molecule has 0 saturated carbocycles. The lowest BCUT2D eigenvalue weighted by Crippen LogP contribution is -2.31. The molecule has 0 unspecified atom stereocenters. The summed E-state index contributed by atoms with van der Waals surface area (Å²) in [5.41, 5.74) is 6.32. The lowest BCUT2D eigenvalue weighted by Gasteiger charge is -2.07. The Balaban J connectivity index is 2.04. The van der Waals surface area contributed by atoms with Crippen LogP contribution in [0.1, 0.15) is 21.6 Å². The van der Waals surface area contributed by atoms with Gasteiger partial charge in [0.05, 0.1) is 0 Å². The summed E-state index contributed by atoms with van der Waals surface area (Å²) in [6.45, 7) is 3.44. The van der Waals surface area contributed by atoms with Crippen LogP contribution in [0.25, 0.3) is 0 Å². The predicted molar refractivity (Wildman–Crippen MR) is 69.7 cm³/mol. The lowest BCUT2D eigenvalue weighted by atomic mass is 10.1. The number of aromatic amines is 1. The predicted octanol–water partition coefficient (Wildman–Crippen LogP) is 0.539. The first kappa shape index (κ1) is 12.7. The summed E-state index contributed by atoms with van der Waals surface area (Å²) in [5.74, 6) is -0.247. The van der Waals surface area contributed by atoms with Crippen molar-refractivity contribution in [2.45, 2.75) is 13.8 Å². The summed E-state index contributed by atoms with van der Waals surface area (Å²) in [7, 11) is 0. The van der Waals surface area contributed by atoms with Crippen molar-refractivity contribution in [1.82, 2.24) is 20.6 Å². The van der Waals surface area contributed by atoms with Crippen LogP contribution in [0, 0.1) is 13.8 Å². The number of rotatable bonds is 3. The number of aryl methyl sites for hydroxylation is 2. The van der Waals surface area contributed by atoms with E-state index in [0.717, 1.165) is 5.56 Å². The fourth-order valence-corrected chi connectivity index (χ4v) is 1.42. The molecule has 0 aliphatic heterocycles. The molecule has 7 nitrogen and oxygen atoms in total. The summed E-state index contributed by atoms with van der Waals surface area (Å²) < 4.78 is 0. The molecule has 0 radical (unpaired) electrons. The number of carbonyl (C=O) groups excluding carboxylic acids is 1. The molecule has 1 aromatic carbocycles. The van der Waals surface area contributed by atoms with E-state index < -0.39 is 0 Å². The number of carbonyl (C=O) groups is 1. The smallest absolute Gasteiger partial charge is 0.274 e. The molecule has 7 heteroatoms. The topological polar surface area (TPSA) is 99.8 Å². The maximum atomic E-state index is 11.8. The summed E-state index contributed by atoms with van der Waals surface area (Å²) in [4.78, 5) is 25.5. The Hall–Kier alpha value is -2.70. The molecule has 0 fully saturated rings. The summed E-state index contributed by atoms with van der Waals surface area (Å²) in [5, 5.41) is 7.33. The molecule has 0 bridgehead atoms. The van der Waals surface area contributed by atoms with Crippen LogP contribution >= 0.6 is 0 Å². The number of nitrogens with one attached hydrogen (secondary N) is 3. The molecular formula is C12H13N5O2. The minimum atomic E-state index is -0.359. The van der Waals surface area contributed by atoms with Crippen molar-refractivity contribution in [2.75, 3.05) is 5.43 Å². The third kappa shape index (κ3) is 3.15. The Morgan fingerprint density at radius 1 is 1.26 bits per heavy atom. The Morgan fingerprint density at radius 2 is 2.05 bits per heavy atom. The number of hydrazine groups is 1. The van der Waals surface area contributed by atoms with Gasteiger partial charge in [-0.25, -0.2) is 0 Å². The number of H-pyrrole nitrogens is 1. The number of nitrogens with zero attached hydrogens (tertiary/aromatic N) is 2. The van der Waals surface area contributed by atoms with E-state index in [1.807, 2.05) is 13.0 Å². The molecule has 0 atom stereocenters. The van der Waals surface area contributed by atoms with Crippen molar-refractivity contribution >= 4 is 11.9 Å². The molecule has 0 aliphatic carbocycles. The van der Waals surface area contributed by atoms with Crippen LogP contribution in [0.5, 0.6) is 0 Å². The third-order valence-electron chi connectivity index (χ3n) is 2.44. The molecule has 1 aromatic heterocycles. The highest BCUT2D eigenvalue weighted by atomic mass is 16.2. The molecule has 0 aliphatic rings. The van der Waals surface area contributed by atoms with Crippen LogP contribution in [0.4, 0.5) is 5.95 Å². The van der Waals surface area contributed by atoms with E-state index in [2.05, 4.69) is 26.0 Å². The minimum absolute atomic E-state index is 0.0802. The molecule has 1 amide bonds. The molecule has 0 spiro atoms. The van der Waals surface area contributed by atoms with Gasteiger partial charge < -0.3 is 0 Å². The molecule has 98 valence electrons. The molecule has 2 rings (SSSR count). The highest BCUT2D eigenvalue weighted by Crippen LogP contribution is 2.03. The van der Waals surface area contributed by atoms with Gasteiger partial charge in [0.25, 0.3) is 11.5 Å². The van der Waals surface area contributed by atoms with Crippen molar-refractivity contribution in [1.29, 1.82) is 0 Å². The van der Waals surface area contributed by atoms with E-state index >= 15 is 0 Å². The quantitative estimate of drug-likeness (QED) is 0.698. The Bertz CT molecular complexity index is 665. The van der Waals surface area contributed by atoms with Crippen molar-refractivity contribution in [3.63, 3.8) is 0 Å². The lowest BCUT2D eigenvalue weighted by molar-refractivity contribution is 0.0962. The van der Waals surface area contributed by atoms with Gasteiger partial charge in [-0.3, -0.25) is 25.4 Å². The maximum Gasteiger partial charge on any atom is 0.274 e. The number of benzene rings is 1. The Labute approximate surface area is 109 Å². The monoisotopic (exact) mass is 259 g/mol. The molecule has 3 N–H and O–H groups in total. The second-order valence-electron chi connectivity index (χ2n) is 4.04. The van der Waals surface area contributed by atoms with E-state index in [9.17, 15) is 9.59 Å². The SMILES string of the molecule is Cc1cccc(C(=O)NNc2nnc(C)c(=O)[nH]2)c1. The molecule has 19 heavy (non-hydrogen) atoms. The molecule has 2 aromatic rings. The fourth-order valence-electron chi connectivity index (χ4n) is 1.42. The summed E-state index contributed by atoms with van der Waals surface area (Å²) >= 11 is 0. The second kappa shape index (κ2) is 5.30. The average molecular weight is 259 g/mol. The molecule has 1 heterocycles. The number of aromatic nitrogens is 3. The van der Waals surface area contributed by atoms with Gasteiger partial charge in [0.2, 0.25) is 5.95 Å². The van der Waals surface area contributed by atoms with Crippen molar-refractivity contribution < 1.29 is 4.79 Å². The molecular weight excluding hydrogens is 246 g/mol. The first-order chi connectivity index (χ1) is 9.06. The number of amides is 1. The van der Waals surface area contributed by atoms with Crippen molar-refractivity contribution in [3.05, 3.63) is 51.4 Å². The van der Waals surface area contributed by atoms with Crippen LogP contribution < -0.4 is 16.4 Å². The maximum absolute atomic E-state index is 11.8. The van der Waals surface area contributed by atoms with E-state index in [-0.39, 0.29) is 23.1 Å². The zero-order valence-corrected chi connectivity index (χ0v) is 10.5. The van der Waals surface area contributed by atoms with E-state index in [4.69, 9.17) is 0 Å². The van der Waals surface area contributed by atoms with Crippen LogP contribution in [0.2, 0.25) is 0 Å². The van der Waals surface area contributed by atoms with Gasteiger partial charge in [-0.05, 0) is 26.0 Å². The zero-order chi connectivity index (χ0) is 13.8. The normalized spacial score (nSPS) is 10.0. The highest BCUT2D eigenvalue weighted by molar-refractivity contribution is 5.94. The van der Waals surface area contributed by atoms with Crippen LogP contribution in [0.3, 0.4) is 0 Å². The molecule has 0 saturated heterocycles. The van der Waals surface area contributed by atoms with Gasteiger partial charge in [-0.2, -0.15) is 0 Å². The van der Waals surface area contributed by atoms with Crippen LogP contribution in [-0.2, 0) is 0 Å². The zero-order valence-electron chi connectivity index (χ0n) is 10.5. The average Bonchev–Trinajstić information content (AvgIpc) is 2.40. The third-order valence-corrected chi connectivity index (χ3v) is 2.44. The first-order valence-corrected chi connectivity index (χ1v) is 5.63. The van der Waals surface area contributed by atoms with Crippen molar-refractivity contribution in [2.24, 2.45) is 0 Å². The summed E-state index contributed by atoms with van der Waals surface area (Å²) in [6.07, 6.45) is 0. The van der Waals surface area contributed by atoms with Gasteiger partial charge in [0.1, 0.15) is 5.69 Å². The Morgan fingerprint density at radius 3 is 2.74 bits per heavy atom. The van der Waals surface area contributed by atoms with Crippen LogP contribution in [-0.4, -0.2) is 21.1 Å². The van der Waals surface area contributed by atoms with Gasteiger partial charge in [0, 0.05) is 5.56 Å². The van der Waals surface area contributed by atoms with Gasteiger partial charge in [-0.1, -0.05) is 17.7 Å². The van der Waals surface area contributed by atoms with Crippen molar-refractivity contribution in [3.8, 4) is 0 Å². The largest absolute Gasteiger partial charge is 0.288 e. The summed E-state index contributed by atoms with van der Waals surface area (Å²) in [6, 6.07) is 7.12. The van der Waals surface area contributed by atoms with E-state index in [1.165, 1.54) is 0 Å². The van der Waals surface area contributed by atoms with Crippen LogP contribution in [0.15, 0.2) is 29.1 Å². The number of anilines is 1.